The molecule has 4 aromatic rings. The number of carbonyl (C=O) groups is 1. The van der Waals surface area contributed by atoms with Crippen molar-refractivity contribution in [1.29, 1.82) is 0 Å². The Morgan fingerprint density at radius 3 is 2.49 bits per heavy atom. The van der Waals surface area contributed by atoms with Gasteiger partial charge in [-0.05, 0) is 60.7 Å². The lowest BCUT2D eigenvalue weighted by Crippen LogP contribution is -2.29. The molecule has 2 atom stereocenters. The third-order valence-corrected chi connectivity index (χ3v) is 6.57. The van der Waals surface area contributed by atoms with Crippen molar-refractivity contribution in [3.8, 4) is 22.8 Å². The minimum atomic E-state index is -0.389. The van der Waals surface area contributed by atoms with E-state index in [9.17, 15) is 4.79 Å². The van der Waals surface area contributed by atoms with E-state index in [2.05, 4.69) is 10.3 Å². The molecule has 37 heavy (non-hydrogen) atoms. The molecule has 1 saturated heterocycles. The zero-order chi connectivity index (χ0) is 25.9. The molecule has 1 N–H and O–H groups in total. The monoisotopic (exact) mass is 515 g/mol. The molecule has 1 fully saturated rings. The highest BCUT2D eigenvalue weighted by molar-refractivity contribution is 7.80. The molecule has 3 heterocycles. The lowest BCUT2D eigenvalue weighted by molar-refractivity contribution is 0.0600. The summed E-state index contributed by atoms with van der Waals surface area (Å²) in [4.78, 5) is 18.4. The molecular formula is C28H25N3O5S. The number of furan rings is 1. The number of rotatable bonds is 7. The smallest absolute Gasteiger partial charge is 0.337 e. The highest BCUT2D eigenvalue weighted by Gasteiger charge is 2.43. The van der Waals surface area contributed by atoms with Gasteiger partial charge in [-0.15, -0.1) is 0 Å². The number of nitrogens with zero attached hydrogens (tertiary/aromatic N) is 2. The molecule has 0 aliphatic carbocycles. The van der Waals surface area contributed by atoms with E-state index in [0.29, 0.717) is 33.7 Å². The molecular weight excluding hydrogens is 490 g/mol. The van der Waals surface area contributed by atoms with Crippen LogP contribution in [0, 0.1) is 0 Å². The van der Waals surface area contributed by atoms with Gasteiger partial charge in [0.25, 0.3) is 0 Å². The van der Waals surface area contributed by atoms with Gasteiger partial charge in [-0.3, -0.25) is 4.98 Å². The van der Waals surface area contributed by atoms with E-state index in [1.807, 2.05) is 65.6 Å². The molecule has 188 valence electrons. The highest BCUT2D eigenvalue weighted by atomic mass is 32.1. The van der Waals surface area contributed by atoms with Gasteiger partial charge in [0.2, 0.25) is 0 Å². The summed E-state index contributed by atoms with van der Waals surface area (Å²) in [6, 6.07) is 21.6. The quantitative estimate of drug-likeness (QED) is 0.259. The molecule has 2 aromatic carbocycles. The first-order valence-electron chi connectivity index (χ1n) is 11.5. The van der Waals surface area contributed by atoms with Crippen LogP contribution in [0.3, 0.4) is 0 Å². The zero-order valence-corrected chi connectivity index (χ0v) is 21.3. The van der Waals surface area contributed by atoms with E-state index >= 15 is 0 Å². The zero-order valence-electron chi connectivity index (χ0n) is 20.5. The Labute approximate surface area is 219 Å². The second-order valence-corrected chi connectivity index (χ2v) is 8.69. The van der Waals surface area contributed by atoms with Crippen molar-refractivity contribution in [2.75, 3.05) is 26.2 Å². The van der Waals surface area contributed by atoms with Gasteiger partial charge in [0.15, 0.2) is 5.11 Å². The first kappa shape index (κ1) is 24.3. The van der Waals surface area contributed by atoms with Crippen LogP contribution in [0.25, 0.3) is 11.3 Å². The predicted molar refractivity (Wildman–Crippen MR) is 143 cm³/mol. The minimum absolute atomic E-state index is 0.277. The van der Waals surface area contributed by atoms with Crippen LogP contribution in [0.4, 0.5) is 5.69 Å². The summed E-state index contributed by atoms with van der Waals surface area (Å²) in [7, 11) is 4.58. The van der Waals surface area contributed by atoms with E-state index < -0.39 is 0 Å². The molecule has 9 heteroatoms. The van der Waals surface area contributed by atoms with E-state index in [-0.39, 0.29) is 18.1 Å². The number of hydrogen-bond donors (Lipinski definition) is 1. The number of hydrogen-bond acceptors (Lipinski definition) is 7. The van der Waals surface area contributed by atoms with Gasteiger partial charge in [0, 0.05) is 17.8 Å². The SMILES string of the molecule is COC(=O)c1ccc(-c2ccc([C@H]3[C@@H](c4ccccn4)NC(=S)N3c3ccc(OC)cc3OC)o2)cc1. The molecule has 0 saturated carbocycles. The molecule has 1 aliphatic heterocycles. The number of aromatic nitrogens is 1. The number of benzene rings is 2. The second kappa shape index (κ2) is 10.3. The van der Waals surface area contributed by atoms with E-state index in [4.69, 9.17) is 30.8 Å². The van der Waals surface area contributed by atoms with E-state index in [1.165, 1.54) is 7.11 Å². The van der Waals surface area contributed by atoms with Gasteiger partial charge >= 0.3 is 5.97 Å². The van der Waals surface area contributed by atoms with Crippen LogP contribution in [0.5, 0.6) is 11.5 Å². The van der Waals surface area contributed by atoms with Gasteiger partial charge in [0.1, 0.15) is 29.1 Å². The van der Waals surface area contributed by atoms with Gasteiger partial charge in [-0.2, -0.15) is 0 Å². The number of pyridine rings is 1. The summed E-state index contributed by atoms with van der Waals surface area (Å²) in [6.45, 7) is 0. The topological polar surface area (TPSA) is 86.1 Å². The molecule has 0 spiro atoms. The second-order valence-electron chi connectivity index (χ2n) is 8.31. The number of methoxy groups -OCH3 is 3. The van der Waals surface area contributed by atoms with E-state index in [1.54, 1.807) is 32.5 Å². The molecule has 0 bridgehead atoms. The van der Waals surface area contributed by atoms with Crippen molar-refractivity contribution in [2.24, 2.45) is 0 Å². The summed E-state index contributed by atoms with van der Waals surface area (Å²) >= 11 is 5.81. The van der Waals surface area contributed by atoms with Crippen LogP contribution in [0.2, 0.25) is 0 Å². The van der Waals surface area contributed by atoms with E-state index in [0.717, 1.165) is 16.9 Å². The average molecular weight is 516 g/mol. The van der Waals surface area contributed by atoms with Gasteiger partial charge in [0.05, 0.1) is 44.3 Å². The molecule has 0 unspecified atom stereocenters. The summed E-state index contributed by atoms with van der Waals surface area (Å²) in [5.74, 6) is 2.24. The van der Waals surface area contributed by atoms with Gasteiger partial charge in [-0.25, -0.2) is 4.79 Å². The molecule has 0 amide bonds. The van der Waals surface area contributed by atoms with Crippen molar-refractivity contribution in [3.63, 3.8) is 0 Å². The number of ether oxygens (including phenoxy) is 3. The highest BCUT2D eigenvalue weighted by Crippen LogP contribution is 2.46. The Hall–Kier alpha value is -4.37. The Bertz CT molecular complexity index is 1420. The normalized spacial score (nSPS) is 16.8. The summed E-state index contributed by atoms with van der Waals surface area (Å²) < 4.78 is 22.3. The molecule has 2 aromatic heterocycles. The summed E-state index contributed by atoms with van der Waals surface area (Å²) in [6.07, 6.45) is 1.75. The first-order chi connectivity index (χ1) is 18.0. The summed E-state index contributed by atoms with van der Waals surface area (Å²) in [5, 5.41) is 3.94. The molecule has 0 radical (unpaired) electrons. The maximum atomic E-state index is 11.8. The van der Waals surface area contributed by atoms with Crippen LogP contribution in [-0.2, 0) is 4.74 Å². The van der Waals surface area contributed by atoms with Gasteiger partial charge < -0.3 is 28.8 Å². The third kappa shape index (κ3) is 4.61. The van der Waals surface area contributed by atoms with Crippen molar-refractivity contribution in [3.05, 3.63) is 96.0 Å². The Balaban J connectivity index is 1.57. The maximum absolute atomic E-state index is 11.8. The molecule has 8 nitrogen and oxygen atoms in total. The fraction of sp³-hybridized carbons (Fsp3) is 0.179. The van der Waals surface area contributed by atoms with Crippen molar-refractivity contribution < 1.29 is 23.4 Å². The summed E-state index contributed by atoms with van der Waals surface area (Å²) in [5.41, 5.74) is 2.89. The van der Waals surface area contributed by atoms with Crippen LogP contribution in [-0.4, -0.2) is 37.4 Å². The Kier molecular flexibility index (Phi) is 6.78. The third-order valence-electron chi connectivity index (χ3n) is 6.25. The van der Waals surface area contributed by atoms with Crippen molar-refractivity contribution in [2.45, 2.75) is 12.1 Å². The van der Waals surface area contributed by atoms with Crippen molar-refractivity contribution in [1.82, 2.24) is 10.3 Å². The van der Waals surface area contributed by atoms with Crippen LogP contribution < -0.4 is 19.7 Å². The molecule has 1 aliphatic rings. The number of carbonyl (C=O) groups excluding carboxylic acids is 1. The maximum Gasteiger partial charge on any atom is 0.337 e. The lowest BCUT2D eigenvalue weighted by atomic mass is 10.0. The molecule has 5 rings (SSSR count). The van der Waals surface area contributed by atoms with Gasteiger partial charge in [-0.1, -0.05) is 18.2 Å². The number of thiocarbonyl (C=S) groups is 1. The standard InChI is InChI=1S/C28H25N3O5S/c1-33-19-11-12-21(24(16-19)34-2)31-26(25(30-28(31)37)20-6-4-5-15-29-20)23-14-13-22(36-23)17-7-9-18(10-8-17)27(32)35-3/h4-16,25-26H,1-3H3,(H,30,37)/t25-,26+/m1/s1. The lowest BCUT2D eigenvalue weighted by Gasteiger charge is -2.27. The van der Waals surface area contributed by atoms with Crippen LogP contribution in [0.15, 0.2) is 83.4 Å². The van der Waals surface area contributed by atoms with Crippen LogP contribution in [0.1, 0.15) is 33.9 Å². The fourth-order valence-corrected chi connectivity index (χ4v) is 4.78. The van der Waals surface area contributed by atoms with Crippen LogP contribution >= 0.6 is 12.2 Å². The minimum Gasteiger partial charge on any atom is -0.497 e. The number of anilines is 1. The number of esters is 1. The fourth-order valence-electron chi connectivity index (χ4n) is 4.44. The largest absolute Gasteiger partial charge is 0.497 e. The number of nitrogens with one attached hydrogen (secondary N) is 1. The van der Waals surface area contributed by atoms with Crippen molar-refractivity contribution >= 4 is 29.0 Å². The predicted octanol–water partition coefficient (Wildman–Crippen LogP) is 5.32. The first-order valence-corrected chi connectivity index (χ1v) is 12.0. The Morgan fingerprint density at radius 2 is 1.81 bits per heavy atom. The average Bonchev–Trinajstić information content (AvgIpc) is 3.57. The Morgan fingerprint density at radius 1 is 1.00 bits per heavy atom.